The van der Waals surface area contributed by atoms with Crippen molar-refractivity contribution in [1.82, 2.24) is 19.2 Å². The van der Waals surface area contributed by atoms with Gasteiger partial charge in [-0.15, -0.1) is 0 Å². The summed E-state index contributed by atoms with van der Waals surface area (Å²) >= 11 is 3.41. The van der Waals surface area contributed by atoms with Crippen LogP contribution in [0, 0.1) is 6.92 Å². The monoisotopic (exact) mass is 476 g/mol. The van der Waals surface area contributed by atoms with E-state index in [0.717, 1.165) is 10.0 Å². The number of H-pyrrole nitrogens is 1. The number of sulfonamides is 1. The average Bonchev–Trinajstić information content (AvgIpc) is 2.70. The number of rotatable bonds is 4. The fraction of sp³-hybridized carbons (Fsp3) is 0.300. The number of aromatic amines is 1. The van der Waals surface area contributed by atoms with Crippen LogP contribution in [0.25, 0.3) is 10.9 Å². The van der Waals surface area contributed by atoms with Gasteiger partial charge in [0.1, 0.15) is 5.82 Å². The second-order valence-electron chi connectivity index (χ2n) is 7.12. The average molecular weight is 477 g/mol. The molecule has 0 amide bonds. The molecular formula is C20H21BrN4O3S. The Morgan fingerprint density at radius 2 is 1.83 bits per heavy atom. The molecule has 4 rings (SSSR count). The Morgan fingerprint density at radius 1 is 1.10 bits per heavy atom. The second kappa shape index (κ2) is 7.98. The Morgan fingerprint density at radius 3 is 2.55 bits per heavy atom. The van der Waals surface area contributed by atoms with Gasteiger partial charge in [0.15, 0.2) is 0 Å². The van der Waals surface area contributed by atoms with E-state index in [0.29, 0.717) is 54.3 Å². The third-order valence-electron chi connectivity index (χ3n) is 5.13. The summed E-state index contributed by atoms with van der Waals surface area (Å²) in [4.78, 5) is 22.0. The largest absolute Gasteiger partial charge is 0.309 e. The first-order chi connectivity index (χ1) is 13.8. The predicted octanol–water partition coefficient (Wildman–Crippen LogP) is 2.50. The molecule has 0 atom stereocenters. The number of fused-ring (bicyclic) bond motifs is 1. The molecule has 1 N–H and O–H groups in total. The van der Waals surface area contributed by atoms with E-state index in [1.165, 1.54) is 4.31 Å². The molecule has 152 valence electrons. The van der Waals surface area contributed by atoms with Crippen molar-refractivity contribution in [1.29, 1.82) is 0 Å². The van der Waals surface area contributed by atoms with Crippen LogP contribution in [0.15, 0.2) is 56.6 Å². The lowest BCUT2D eigenvalue weighted by Crippen LogP contribution is -2.48. The second-order valence-corrected chi connectivity index (χ2v) is 9.91. The highest BCUT2D eigenvalue weighted by molar-refractivity contribution is 9.10. The summed E-state index contributed by atoms with van der Waals surface area (Å²) in [6, 6.07) is 12.3. The van der Waals surface area contributed by atoms with E-state index >= 15 is 0 Å². The summed E-state index contributed by atoms with van der Waals surface area (Å²) in [5, 5.41) is 0.567. The maximum absolute atomic E-state index is 12.9. The number of aromatic nitrogens is 2. The van der Waals surface area contributed by atoms with Crippen LogP contribution < -0.4 is 5.56 Å². The summed E-state index contributed by atoms with van der Waals surface area (Å²) in [6.45, 7) is 4.30. The molecule has 2 aromatic carbocycles. The van der Waals surface area contributed by atoms with Gasteiger partial charge in [0.25, 0.3) is 5.56 Å². The van der Waals surface area contributed by atoms with Crippen LogP contribution in [0.1, 0.15) is 11.4 Å². The zero-order valence-corrected chi connectivity index (χ0v) is 18.3. The van der Waals surface area contributed by atoms with Crippen LogP contribution in [-0.2, 0) is 16.6 Å². The Labute approximate surface area is 177 Å². The number of piperazine rings is 1. The molecule has 1 aliphatic heterocycles. The van der Waals surface area contributed by atoms with E-state index in [1.807, 2.05) is 25.1 Å². The van der Waals surface area contributed by atoms with Gasteiger partial charge >= 0.3 is 0 Å². The van der Waals surface area contributed by atoms with Crippen LogP contribution in [0.4, 0.5) is 0 Å². The minimum atomic E-state index is -3.52. The maximum atomic E-state index is 12.9. The number of nitrogens with one attached hydrogen (secondary N) is 1. The smallest absolute Gasteiger partial charge is 0.258 e. The van der Waals surface area contributed by atoms with E-state index in [9.17, 15) is 13.2 Å². The third kappa shape index (κ3) is 4.13. The minimum Gasteiger partial charge on any atom is -0.309 e. The van der Waals surface area contributed by atoms with Gasteiger partial charge in [-0.3, -0.25) is 9.69 Å². The summed E-state index contributed by atoms with van der Waals surface area (Å²) < 4.78 is 28.3. The van der Waals surface area contributed by atoms with E-state index in [-0.39, 0.29) is 5.56 Å². The first-order valence-corrected chi connectivity index (χ1v) is 11.5. The van der Waals surface area contributed by atoms with Gasteiger partial charge in [0.2, 0.25) is 10.0 Å². The lowest BCUT2D eigenvalue weighted by molar-refractivity contribution is 0.178. The van der Waals surface area contributed by atoms with Crippen molar-refractivity contribution in [3.63, 3.8) is 0 Å². The van der Waals surface area contributed by atoms with Crippen LogP contribution in [0.3, 0.4) is 0 Å². The van der Waals surface area contributed by atoms with Gasteiger partial charge in [0, 0.05) is 30.7 Å². The number of para-hydroxylation sites is 1. The molecule has 29 heavy (non-hydrogen) atoms. The summed E-state index contributed by atoms with van der Waals surface area (Å²) in [6.07, 6.45) is 0. The van der Waals surface area contributed by atoms with Gasteiger partial charge in [0.05, 0.1) is 22.3 Å². The quantitative estimate of drug-likeness (QED) is 0.624. The zero-order chi connectivity index (χ0) is 20.6. The van der Waals surface area contributed by atoms with Gasteiger partial charge in [-0.25, -0.2) is 13.4 Å². The fourth-order valence-electron chi connectivity index (χ4n) is 3.48. The van der Waals surface area contributed by atoms with Crippen molar-refractivity contribution in [3.05, 3.63) is 68.7 Å². The molecule has 1 fully saturated rings. The molecule has 0 spiro atoms. The Hall–Kier alpha value is -2.07. The standard InChI is InChI=1S/C20H21BrN4O3S/c1-14-12-15(6-7-17(14)21)29(27,28)25-10-8-24(9-11-25)13-19-22-18-5-3-2-4-16(18)20(26)23-19/h2-7,12H,8-11,13H2,1H3,(H,22,23,26). The molecule has 0 unspecified atom stereocenters. The van der Waals surface area contributed by atoms with Crippen molar-refractivity contribution in [2.45, 2.75) is 18.4 Å². The maximum Gasteiger partial charge on any atom is 0.258 e. The van der Waals surface area contributed by atoms with Crippen LogP contribution in [-0.4, -0.2) is 53.8 Å². The summed E-state index contributed by atoms with van der Waals surface area (Å²) in [7, 11) is -3.52. The highest BCUT2D eigenvalue weighted by atomic mass is 79.9. The lowest BCUT2D eigenvalue weighted by atomic mass is 10.2. The fourth-order valence-corrected chi connectivity index (χ4v) is 5.23. The van der Waals surface area contributed by atoms with Gasteiger partial charge in [-0.05, 0) is 42.8 Å². The van der Waals surface area contributed by atoms with Gasteiger partial charge in [-0.2, -0.15) is 4.31 Å². The molecule has 9 heteroatoms. The van der Waals surface area contributed by atoms with E-state index < -0.39 is 10.0 Å². The Balaban J connectivity index is 1.45. The van der Waals surface area contributed by atoms with Crippen molar-refractivity contribution in [2.24, 2.45) is 0 Å². The third-order valence-corrected chi connectivity index (χ3v) is 7.92. The predicted molar refractivity (Wildman–Crippen MR) is 115 cm³/mol. The van der Waals surface area contributed by atoms with Crippen molar-refractivity contribution < 1.29 is 8.42 Å². The van der Waals surface area contributed by atoms with E-state index in [4.69, 9.17) is 0 Å². The molecule has 0 bridgehead atoms. The van der Waals surface area contributed by atoms with Crippen molar-refractivity contribution in [3.8, 4) is 0 Å². The van der Waals surface area contributed by atoms with Crippen molar-refractivity contribution in [2.75, 3.05) is 26.2 Å². The molecule has 3 aromatic rings. The number of benzene rings is 2. The van der Waals surface area contributed by atoms with Crippen LogP contribution in [0.2, 0.25) is 0 Å². The lowest BCUT2D eigenvalue weighted by Gasteiger charge is -2.33. The highest BCUT2D eigenvalue weighted by Crippen LogP contribution is 2.23. The summed E-state index contributed by atoms with van der Waals surface area (Å²) in [5.74, 6) is 0.591. The molecule has 1 aliphatic rings. The van der Waals surface area contributed by atoms with Gasteiger partial charge in [-0.1, -0.05) is 28.1 Å². The molecule has 7 nitrogen and oxygen atoms in total. The highest BCUT2D eigenvalue weighted by Gasteiger charge is 2.29. The first kappa shape index (κ1) is 20.2. The number of aryl methyl sites for hydroxylation is 1. The van der Waals surface area contributed by atoms with Crippen LogP contribution >= 0.6 is 15.9 Å². The Bertz CT molecular complexity index is 1220. The minimum absolute atomic E-state index is 0.155. The Kier molecular flexibility index (Phi) is 5.56. The van der Waals surface area contributed by atoms with E-state index in [2.05, 4.69) is 30.8 Å². The van der Waals surface area contributed by atoms with E-state index in [1.54, 1.807) is 24.3 Å². The van der Waals surface area contributed by atoms with Crippen LogP contribution in [0.5, 0.6) is 0 Å². The number of hydrogen-bond acceptors (Lipinski definition) is 5. The molecule has 0 radical (unpaired) electrons. The number of nitrogens with zero attached hydrogens (tertiary/aromatic N) is 3. The summed E-state index contributed by atoms with van der Waals surface area (Å²) in [5.41, 5.74) is 1.39. The molecule has 1 saturated heterocycles. The zero-order valence-electron chi connectivity index (χ0n) is 15.9. The number of halogens is 1. The molecule has 2 heterocycles. The molecule has 0 aliphatic carbocycles. The SMILES string of the molecule is Cc1cc(S(=O)(=O)N2CCN(Cc3nc4ccccc4c(=O)[nH]3)CC2)ccc1Br. The number of hydrogen-bond donors (Lipinski definition) is 1. The topological polar surface area (TPSA) is 86.4 Å². The van der Waals surface area contributed by atoms with Gasteiger partial charge < -0.3 is 4.98 Å². The molecular weight excluding hydrogens is 456 g/mol. The first-order valence-electron chi connectivity index (χ1n) is 9.31. The molecule has 0 saturated carbocycles. The normalized spacial score (nSPS) is 16.3. The van der Waals surface area contributed by atoms with Crippen molar-refractivity contribution >= 4 is 36.9 Å². The molecule has 1 aromatic heterocycles.